The van der Waals surface area contributed by atoms with Crippen LogP contribution < -0.4 is 0 Å². The molecule has 0 bridgehead atoms. The summed E-state index contributed by atoms with van der Waals surface area (Å²) in [6, 6.07) is 0. The second kappa shape index (κ2) is 11.3. The summed E-state index contributed by atoms with van der Waals surface area (Å²) in [5.41, 5.74) is 0. The Labute approximate surface area is 161 Å². The minimum atomic E-state index is 0.351. The summed E-state index contributed by atoms with van der Waals surface area (Å²) in [6.07, 6.45) is 8.40. The van der Waals surface area contributed by atoms with Gasteiger partial charge in [0, 0.05) is 32.7 Å². The number of rotatable bonds is 9. The van der Waals surface area contributed by atoms with Crippen LogP contribution in [0.15, 0.2) is 0 Å². The van der Waals surface area contributed by atoms with Crippen LogP contribution in [0.3, 0.4) is 0 Å². The largest absolute Gasteiger partial charge is 0.379 e. The molecule has 0 aromatic heterocycles. The third kappa shape index (κ3) is 7.56. The van der Waals surface area contributed by atoms with Crippen LogP contribution in [0.5, 0.6) is 0 Å². The molecule has 0 unspecified atom stereocenters. The third-order valence-corrected chi connectivity index (χ3v) is 6.20. The van der Waals surface area contributed by atoms with Crippen LogP contribution >= 0.6 is 0 Å². The van der Waals surface area contributed by atoms with E-state index in [1.807, 2.05) is 0 Å². The Kier molecular flexibility index (Phi) is 9.41. The number of piperidine rings is 2. The molecule has 2 fully saturated rings. The number of hydrogen-bond acceptors (Lipinski definition) is 3. The minimum Gasteiger partial charge on any atom is -0.379 e. The van der Waals surface area contributed by atoms with E-state index in [0.717, 1.165) is 50.8 Å². The Balaban J connectivity index is 1.60. The van der Waals surface area contributed by atoms with Gasteiger partial charge in [-0.15, -0.1) is 0 Å². The zero-order valence-corrected chi connectivity index (χ0v) is 17.7. The summed E-state index contributed by atoms with van der Waals surface area (Å²) >= 11 is 0. The molecule has 0 spiro atoms. The molecule has 152 valence electrons. The average Bonchev–Trinajstić information content (AvgIpc) is 2.64. The monoisotopic (exact) mass is 366 g/mol. The quantitative estimate of drug-likeness (QED) is 0.574. The predicted molar refractivity (Wildman–Crippen MR) is 108 cm³/mol. The van der Waals surface area contributed by atoms with Crippen molar-refractivity contribution in [2.45, 2.75) is 78.7 Å². The molecule has 0 atom stereocenters. The number of amides is 1. The van der Waals surface area contributed by atoms with Crippen molar-refractivity contribution in [2.75, 3.05) is 39.3 Å². The van der Waals surface area contributed by atoms with Gasteiger partial charge in [0.05, 0.1) is 6.10 Å². The molecule has 0 radical (unpaired) electrons. The topological polar surface area (TPSA) is 32.8 Å². The number of carbonyl (C=O) groups is 1. The maximum absolute atomic E-state index is 12.3. The Morgan fingerprint density at radius 1 is 0.962 bits per heavy atom. The fraction of sp³-hybridized carbons (Fsp3) is 0.955. The second-order valence-corrected chi connectivity index (χ2v) is 9.10. The summed E-state index contributed by atoms with van der Waals surface area (Å²) < 4.78 is 5.65. The van der Waals surface area contributed by atoms with E-state index < -0.39 is 0 Å². The van der Waals surface area contributed by atoms with Crippen LogP contribution in [-0.2, 0) is 9.53 Å². The van der Waals surface area contributed by atoms with Gasteiger partial charge in [-0.1, -0.05) is 13.8 Å². The Morgan fingerprint density at radius 2 is 1.54 bits per heavy atom. The van der Waals surface area contributed by atoms with E-state index in [4.69, 9.17) is 4.74 Å². The lowest BCUT2D eigenvalue weighted by Gasteiger charge is -2.40. The molecule has 2 heterocycles. The highest BCUT2D eigenvalue weighted by Crippen LogP contribution is 2.32. The van der Waals surface area contributed by atoms with Crippen LogP contribution in [0.2, 0.25) is 0 Å². The molecule has 2 aliphatic rings. The zero-order valence-electron chi connectivity index (χ0n) is 17.7. The van der Waals surface area contributed by atoms with Crippen molar-refractivity contribution in [3.63, 3.8) is 0 Å². The van der Waals surface area contributed by atoms with E-state index in [1.54, 1.807) is 0 Å². The van der Waals surface area contributed by atoms with Crippen LogP contribution in [0, 0.1) is 17.8 Å². The smallest absolute Gasteiger partial charge is 0.222 e. The van der Waals surface area contributed by atoms with E-state index in [2.05, 4.69) is 37.5 Å². The second-order valence-electron chi connectivity index (χ2n) is 9.10. The van der Waals surface area contributed by atoms with Gasteiger partial charge in [-0.05, 0) is 83.2 Å². The molecule has 2 saturated heterocycles. The summed E-state index contributed by atoms with van der Waals surface area (Å²) in [7, 11) is 0. The number of hydrogen-bond donors (Lipinski definition) is 0. The maximum atomic E-state index is 12.3. The number of likely N-dealkylation sites (tertiary alicyclic amines) is 2. The van der Waals surface area contributed by atoms with Crippen molar-refractivity contribution >= 4 is 5.91 Å². The number of carbonyl (C=O) groups excluding carboxylic acids is 1. The van der Waals surface area contributed by atoms with Crippen molar-refractivity contribution < 1.29 is 9.53 Å². The summed E-state index contributed by atoms with van der Waals surface area (Å²) in [5, 5.41) is 0. The van der Waals surface area contributed by atoms with E-state index in [9.17, 15) is 4.79 Å². The van der Waals surface area contributed by atoms with Gasteiger partial charge in [0.1, 0.15) is 0 Å². The van der Waals surface area contributed by atoms with Gasteiger partial charge in [0.2, 0.25) is 5.91 Å². The molecule has 0 aliphatic carbocycles. The fourth-order valence-corrected chi connectivity index (χ4v) is 4.45. The molecule has 26 heavy (non-hydrogen) atoms. The van der Waals surface area contributed by atoms with Gasteiger partial charge in [0.25, 0.3) is 0 Å². The minimum absolute atomic E-state index is 0.351. The first-order valence-electron chi connectivity index (χ1n) is 11.1. The lowest BCUT2D eigenvalue weighted by atomic mass is 9.78. The molecule has 1 amide bonds. The van der Waals surface area contributed by atoms with E-state index in [-0.39, 0.29) is 0 Å². The van der Waals surface area contributed by atoms with E-state index in [0.29, 0.717) is 17.9 Å². The standard InChI is InChI=1S/C22H42N2O2/c1-18(2)6-7-22(25)24-15-10-21(11-16-24)20-8-13-23(14-9-20)12-5-17-26-19(3)4/h18-21H,5-17H2,1-4H3. The van der Waals surface area contributed by atoms with Crippen LogP contribution in [0.25, 0.3) is 0 Å². The van der Waals surface area contributed by atoms with Crippen LogP contribution in [0.1, 0.15) is 72.6 Å². The van der Waals surface area contributed by atoms with Gasteiger partial charge in [0.15, 0.2) is 0 Å². The van der Waals surface area contributed by atoms with Gasteiger partial charge >= 0.3 is 0 Å². The molecule has 2 rings (SSSR count). The van der Waals surface area contributed by atoms with Gasteiger partial charge in [-0.3, -0.25) is 4.79 Å². The molecule has 0 N–H and O–H groups in total. The van der Waals surface area contributed by atoms with Gasteiger partial charge in [-0.2, -0.15) is 0 Å². The zero-order chi connectivity index (χ0) is 18.9. The maximum Gasteiger partial charge on any atom is 0.222 e. The Bertz CT molecular complexity index is 395. The normalized spacial score (nSPS) is 21.1. The van der Waals surface area contributed by atoms with Crippen molar-refractivity contribution in [3.05, 3.63) is 0 Å². The predicted octanol–water partition coefficient (Wildman–Crippen LogP) is 4.19. The fourth-order valence-electron chi connectivity index (χ4n) is 4.45. The Hall–Kier alpha value is -0.610. The van der Waals surface area contributed by atoms with Crippen LogP contribution in [-0.4, -0.2) is 61.1 Å². The first-order chi connectivity index (χ1) is 12.5. The third-order valence-electron chi connectivity index (χ3n) is 6.20. The Morgan fingerprint density at radius 3 is 2.08 bits per heavy atom. The highest BCUT2D eigenvalue weighted by atomic mass is 16.5. The van der Waals surface area contributed by atoms with Crippen molar-refractivity contribution in [2.24, 2.45) is 17.8 Å². The van der Waals surface area contributed by atoms with Crippen LogP contribution in [0.4, 0.5) is 0 Å². The molecule has 2 aliphatic heterocycles. The first kappa shape index (κ1) is 21.7. The van der Waals surface area contributed by atoms with E-state index in [1.165, 1.54) is 45.3 Å². The number of nitrogens with zero attached hydrogens (tertiary/aromatic N) is 2. The molecule has 4 nitrogen and oxygen atoms in total. The summed E-state index contributed by atoms with van der Waals surface area (Å²) in [4.78, 5) is 17.0. The highest BCUT2D eigenvalue weighted by Gasteiger charge is 2.30. The summed E-state index contributed by atoms with van der Waals surface area (Å²) in [5.74, 6) is 2.73. The molecule has 0 saturated carbocycles. The SMILES string of the molecule is CC(C)CCC(=O)N1CCC(C2CCN(CCCOC(C)C)CC2)CC1. The number of ether oxygens (including phenoxy) is 1. The van der Waals surface area contributed by atoms with Gasteiger partial charge in [-0.25, -0.2) is 0 Å². The van der Waals surface area contributed by atoms with Crippen molar-refractivity contribution in [3.8, 4) is 0 Å². The van der Waals surface area contributed by atoms with E-state index >= 15 is 0 Å². The highest BCUT2D eigenvalue weighted by molar-refractivity contribution is 5.76. The molecule has 0 aromatic rings. The summed E-state index contributed by atoms with van der Waals surface area (Å²) in [6.45, 7) is 15.2. The lowest BCUT2D eigenvalue weighted by molar-refractivity contribution is -0.133. The van der Waals surface area contributed by atoms with Crippen molar-refractivity contribution in [1.82, 2.24) is 9.80 Å². The lowest BCUT2D eigenvalue weighted by Crippen LogP contribution is -2.43. The molecular formula is C22H42N2O2. The first-order valence-corrected chi connectivity index (χ1v) is 11.1. The molecule has 0 aromatic carbocycles. The molecule has 4 heteroatoms. The van der Waals surface area contributed by atoms with Crippen molar-refractivity contribution in [1.29, 1.82) is 0 Å². The van der Waals surface area contributed by atoms with Gasteiger partial charge < -0.3 is 14.5 Å². The average molecular weight is 367 g/mol. The molecular weight excluding hydrogens is 324 g/mol.